The van der Waals surface area contributed by atoms with Gasteiger partial charge in [0.15, 0.2) is 0 Å². The first kappa shape index (κ1) is 12.8. The molecule has 4 atom stereocenters. The van der Waals surface area contributed by atoms with E-state index in [9.17, 15) is 4.79 Å². The molecule has 0 aliphatic heterocycles. The van der Waals surface area contributed by atoms with E-state index in [0.29, 0.717) is 35.2 Å². The van der Waals surface area contributed by atoms with Gasteiger partial charge in [-0.15, -0.1) is 0 Å². The fraction of sp³-hybridized carbons (Fsp3) is 0.533. The van der Waals surface area contributed by atoms with Crippen molar-refractivity contribution in [1.29, 1.82) is 0 Å². The molecule has 2 saturated carbocycles. The minimum atomic E-state index is -0.0799. The first-order valence-electron chi connectivity index (χ1n) is 7.38. The van der Waals surface area contributed by atoms with Gasteiger partial charge in [-0.3, -0.25) is 4.79 Å². The highest BCUT2D eigenvalue weighted by Crippen LogP contribution is 2.52. The summed E-state index contributed by atoms with van der Waals surface area (Å²) in [6, 6.07) is 3.70. The molecule has 0 radical (unpaired) electrons. The molecule has 0 amide bonds. The van der Waals surface area contributed by atoms with Gasteiger partial charge in [0.1, 0.15) is 0 Å². The first-order chi connectivity index (χ1) is 10.1. The highest BCUT2D eigenvalue weighted by Gasteiger charge is 2.47. The van der Waals surface area contributed by atoms with E-state index < -0.39 is 0 Å². The molecule has 0 saturated heterocycles. The summed E-state index contributed by atoms with van der Waals surface area (Å²) in [6.07, 6.45) is 4.97. The Kier molecular flexibility index (Phi) is 2.75. The Morgan fingerprint density at radius 2 is 2.24 bits per heavy atom. The van der Waals surface area contributed by atoms with Gasteiger partial charge in [0.2, 0.25) is 11.7 Å². The molecule has 21 heavy (non-hydrogen) atoms. The van der Waals surface area contributed by atoms with Crippen LogP contribution in [0.2, 0.25) is 0 Å². The summed E-state index contributed by atoms with van der Waals surface area (Å²) in [7, 11) is 1.71. The summed E-state index contributed by atoms with van der Waals surface area (Å²) >= 11 is 0. The van der Waals surface area contributed by atoms with Crippen molar-refractivity contribution >= 4 is 0 Å². The van der Waals surface area contributed by atoms with E-state index in [4.69, 9.17) is 10.3 Å². The molecule has 110 valence electrons. The van der Waals surface area contributed by atoms with Crippen molar-refractivity contribution in [2.45, 2.75) is 31.2 Å². The second-order valence-electron chi connectivity index (χ2n) is 6.31. The van der Waals surface area contributed by atoms with Gasteiger partial charge in [-0.25, -0.2) is 0 Å². The van der Waals surface area contributed by atoms with E-state index >= 15 is 0 Å². The van der Waals surface area contributed by atoms with Crippen molar-refractivity contribution in [3.05, 3.63) is 34.6 Å². The van der Waals surface area contributed by atoms with E-state index in [-0.39, 0.29) is 5.56 Å². The average Bonchev–Trinajstić information content (AvgIpc) is 3.06. The van der Waals surface area contributed by atoms with Crippen LogP contribution in [0.15, 0.2) is 27.6 Å². The Hall–Kier alpha value is -1.95. The third-order valence-electron chi connectivity index (χ3n) is 5.03. The van der Waals surface area contributed by atoms with Gasteiger partial charge in [0, 0.05) is 36.8 Å². The zero-order valence-corrected chi connectivity index (χ0v) is 11.9. The largest absolute Gasteiger partial charge is 0.339 e. The van der Waals surface area contributed by atoms with Crippen LogP contribution in [-0.4, -0.2) is 20.7 Å². The van der Waals surface area contributed by atoms with Gasteiger partial charge in [-0.1, -0.05) is 5.16 Å². The van der Waals surface area contributed by atoms with Crippen LogP contribution in [0.3, 0.4) is 0 Å². The zero-order valence-electron chi connectivity index (χ0n) is 11.9. The molecule has 4 rings (SSSR count). The quantitative estimate of drug-likeness (QED) is 0.898. The number of hydrogen-bond acceptors (Lipinski definition) is 5. The van der Waals surface area contributed by atoms with E-state index in [0.717, 1.165) is 25.2 Å². The van der Waals surface area contributed by atoms with Crippen LogP contribution >= 0.6 is 0 Å². The van der Waals surface area contributed by atoms with Crippen LogP contribution in [0.5, 0.6) is 0 Å². The number of aryl methyl sites for hydroxylation is 1. The number of aromatic nitrogens is 3. The lowest BCUT2D eigenvalue weighted by Gasteiger charge is -2.37. The van der Waals surface area contributed by atoms with Gasteiger partial charge < -0.3 is 14.8 Å². The van der Waals surface area contributed by atoms with Gasteiger partial charge in [0.25, 0.3) is 5.56 Å². The minimum Gasteiger partial charge on any atom is -0.339 e. The molecule has 6 heteroatoms. The van der Waals surface area contributed by atoms with Crippen molar-refractivity contribution in [3.63, 3.8) is 0 Å². The van der Waals surface area contributed by atoms with Crippen molar-refractivity contribution in [2.24, 2.45) is 24.6 Å². The molecule has 2 fully saturated rings. The third kappa shape index (κ3) is 2.01. The van der Waals surface area contributed by atoms with Crippen LogP contribution in [0.1, 0.15) is 31.1 Å². The summed E-state index contributed by atoms with van der Waals surface area (Å²) in [4.78, 5) is 16.2. The summed E-state index contributed by atoms with van der Waals surface area (Å²) in [5.74, 6) is 2.85. The minimum absolute atomic E-state index is 0.0799. The predicted octanol–water partition coefficient (Wildman–Crippen LogP) is 1.28. The van der Waals surface area contributed by atoms with Crippen LogP contribution in [0.4, 0.5) is 0 Å². The highest BCUT2D eigenvalue weighted by atomic mass is 16.5. The third-order valence-corrected chi connectivity index (χ3v) is 5.03. The number of pyridine rings is 1. The highest BCUT2D eigenvalue weighted by molar-refractivity contribution is 5.52. The van der Waals surface area contributed by atoms with Crippen LogP contribution in [0, 0.1) is 11.8 Å². The van der Waals surface area contributed by atoms with Gasteiger partial charge >= 0.3 is 0 Å². The lowest BCUT2D eigenvalue weighted by atomic mass is 9.72. The molecule has 2 aromatic heterocycles. The van der Waals surface area contributed by atoms with E-state index in [1.165, 1.54) is 10.6 Å². The van der Waals surface area contributed by atoms with Crippen molar-refractivity contribution in [1.82, 2.24) is 14.7 Å². The fourth-order valence-corrected chi connectivity index (χ4v) is 3.69. The van der Waals surface area contributed by atoms with Crippen LogP contribution < -0.4 is 11.3 Å². The Bertz CT molecular complexity index is 735. The summed E-state index contributed by atoms with van der Waals surface area (Å²) < 4.78 is 6.94. The predicted molar refractivity (Wildman–Crippen MR) is 76.5 cm³/mol. The molecule has 2 heterocycles. The monoisotopic (exact) mass is 286 g/mol. The molecule has 0 aromatic carbocycles. The van der Waals surface area contributed by atoms with E-state index in [1.807, 2.05) is 6.07 Å². The standard InChI is InChI=1S/C15H18N4O2/c1-19-3-2-8(7-13(19)20)14-17-15(21-18-14)10-4-9-6-12(16)11(9)5-10/h2-3,7,9-12H,4-6,16H2,1H3/t9-,10?,11-,12+/m1/s1. The molecule has 2 aliphatic rings. The second kappa shape index (κ2) is 4.53. The SMILES string of the molecule is Cn1ccc(-c2noc(C3C[C@@H]4C[C@H](N)[C@@H]4C3)n2)cc1=O. The maximum Gasteiger partial charge on any atom is 0.250 e. The lowest BCUT2D eigenvalue weighted by molar-refractivity contribution is 0.173. The Morgan fingerprint density at radius 1 is 1.38 bits per heavy atom. The molecular formula is C15H18N4O2. The molecule has 0 bridgehead atoms. The molecule has 0 spiro atoms. The van der Waals surface area contributed by atoms with Crippen molar-refractivity contribution < 1.29 is 4.52 Å². The molecule has 2 aromatic rings. The Balaban J connectivity index is 1.58. The zero-order chi connectivity index (χ0) is 14.6. The molecule has 1 unspecified atom stereocenters. The average molecular weight is 286 g/mol. The van der Waals surface area contributed by atoms with E-state index in [1.54, 1.807) is 13.2 Å². The summed E-state index contributed by atoms with van der Waals surface area (Å²) in [5, 5.41) is 4.03. The molecule has 6 nitrogen and oxygen atoms in total. The number of fused-ring (bicyclic) bond motifs is 1. The maximum absolute atomic E-state index is 11.7. The Morgan fingerprint density at radius 3 is 2.95 bits per heavy atom. The van der Waals surface area contributed by atoms with Gasteiger partial charge in [0.05, 0.1) is 0 Å². The van der Waals surface area contributed by atoms with Crippen molar-refractivity contribution in [2.75, 3.05) is 0 Å². The topological polar surface area (TPSA) is 86.9 Å². The Labute approximate surface area is 122 Å². The van der Waals surface area contributed by atoms with Crippen LogP contribution in [-0.2, 0) is 7.05 Å². The summed E-state index contributed by atoms with van der Waals surface area (Å²) in [6.45, 7) is 0. The number of nitrogens with zero attached hydrogens (tertiary/aromatic N) is 3. The second-order valence-corrected chi connectivity index (χ2v) is 6.31. The van der Waals surface area contributed by atoms with Crippen molar-refractivity contribution in [3.8, 4) is 11.4 Å². The fourth-order valence-electron chi connectivity index (χ4n) is 3.69. The molecule has 2 N–H and O–H groups in total. The summed E-state index contributed by atoms with van der Waals surface area (Å²) in [5.41, 5.74) is 6.65. The molecular weight excluding hydrogens is 268 g/mol. The maximum atomic E-state index is 11.7. The number of nitrogens with two attached hydrogens (primary N) is 1. The van der Waals surface area contributed by atoms with Crippen LogP contribution in [0.25, 0.3) is 11.4 Å². The lowest BCUT2D eigenvalue weighted by Crippen LogP contribution is -2.44. The van der Waals surface area contributed by atoms with Gasteiger partial charge in [-0.05, 0) is 37.2 Å². The smallest absolute Gasteiger partial charge is 0.250 e. The number of hydrogen-bond donors (Lipinski definition) is 1. The first-order valence-corrected chi connectivity index (χ1v) is 7.38. The molecule has 2 aliphatic carbocycles. The number of rotatable bonds is 2. The normalized spacial score (nSPS) is 31.0. The van der Waals surface area contributed by atoms with Gasteiger partial charge in [-0.2, -0.15) is 4.98 Å². The van der Waals surface area contributed by atoms with E-state index in [2.05, 4.69) is 10.1 Å².